The molecule has 2 amide bonds. The maximum atomic E-state index is 12.4. The average Bonchev–Trinajstić information content (AvgIpc) is 2.90. The van der Waals surface area contributed by atoms with Gasteiger partial charge in [-0.1, -0.05) is 12.1 Å². The minimum atomic E-state index is -0.228. The average molecular weight is 328 g/mol. The first kappa shape index (κ1) is 16.0. The standard InChI is InChI=1S/C17H20N4O3/c1-11(13-8-18-20(3)12(13)2)19-16(22)9-21-14-6-4-5-7-15(14)24-10-17(21)23/h4-8,11H,9-10H2,1-3H3,(H,19,22)/t11-/m0/s1. The molecular weight excluding hydrogens is 308 g/mol. The summed E-state index contributed by atoms with van der Waals surface area (Å²) in [6.45, 7) is 3.76. The van der Waals surface area contributed by atoms with E-state index in [1.165, 1.54) is 4.90 Å². The van der Waals surface area contributed by atoms with Crippen molar-refractivity contribution in [2.45, 2.75) is 19.9 Å². The number of hydrogen-bond acceptors (Lipinski definition) is 4. The Morgan fingerprint density at radius 2 is 2.17 bits per heavy atom. The fourth-order valence-corrected chi connectivity index (χ4v) is 2.78. The van der Waals surface area contributed by atoms with Crippen LogP contribution in [0, 0.1) is 6.92 Å². The lowest BCUT2D eigenvalue weighted by atomic mass is 10.1. The maximum absolute atomic E-state index is 12.4. The number of nitrogens with zero attached hydrogens (tertiary/aromatic N) is 3. The van der Waals surface area contributed by atoms with Crippen LogP contribution < -0.4 is 15.0 Å². The second-order valence-corrected chi connectivity index (χ2v) is 5.83. The van der Waals surface area contributed by atoms with Crippen LogP contribution in [0.5, 0.6) is 5.75 Å². The van der Waals surface area contributed by atoms with E-state index < -0.39 is 0 Å². The number of carbonyl (C=O) groups excluding carboxylic acids is 2. The van der Waals surface area contributed by atoms with E-state index in [-0.39, 0.29) is 31.0 Å². The van der Waals surface area contributed by atoms with E-state index in [9.17, 15) is 9.59 Å². The molecule has 0 spiro atoms. The fraction of sp³-hybridized carbons (Fsp3) is 0.353. The molecule has 7 nitrogen and oxygen atoms in total. The maximum Gasteiger partial charge on any atom is 0.265 e. The highest BCUT2D eigenvalue weighted by Crippen LogP contribution is 2.31. The Hall–Kier alpha value is -2.83. The van der Waals surface area contributed by atoms with Crippen LogP contribution >= 0.6 is 0 Å². The molecule has 2 aromatic rings. The third-order valence-electron chi connectivity index (χ3n) is 4.23. The van der Waals surface area contributed by atoms with Crippen molar-refractivity contribution in [2.24, 2.45) is 7.05 Å². The molecule has 1 N–H and O–H groups in total. The molecule has 0 radical (unpaired) electrons. The number of para-hydroxylation sites is 2. The van der Waals surface area contributed by atoms with Crippen molar-refractivity contribution in [2.75, 3.05) is 18.1 Å². The lowest BCUT2D eigenvalue weighted by Crippen LogP contribution is -2.45. The summed E-state index contributed by atoms with van der Waals surface area (Å²) in [7, 11) is 1.86. The smallest absolute Gasteiger partial charge is 0.265 e. The molecule has 24 heavy (non-hydrogen) atoms. The minimum Gasteiger partial charge on any atom is -0.482 e. The van der Waals surface area contributed by atoms with Crippen molar-refractivity contribution in [3.8, 4) is 5.75 Å². The summed E-state index contributed by atoms with van der Waals surface area (Å²) < 4.78 is 7.15. The summed E-state index contributed by atoms with van der Waals surface area (Å²) in [6.07, 6.45) is 1.75. The van der Waals surface area contributed by atoms with Crippen LogP contribution in [0.15, 0.2) is 30.5 Å². The lowest BCUT2D eigenvalue weighted by Gasteiger charge is -2.29. The Kier molecular flexibility index (Phi) is 4.24. The molecule has 1 aromatic heterocycles. The van der Waals surface area contributed by atoms with E-state index in [0.717, 1.165) is 11.3 Å². The molecule has 1 aliphatic heterocycles. The van der Waals surface area contributed by atoms with Gasteiger partial charge >= 0.3 is 0 Å². The minimum absolute atomic E-state index is 0.0388. The van der Waals surface area contributed by atoms with E-state index in [0.29, 0.717) is 11.4 Å². The van der Waals surface area contributed by atoms with Gasteiger partial charge in [0.05, 0.1) is 17.9 Å². The number of amides is 2. The third-order valence-corrected chi connectivity index (χ3v) is 4.23. The monoisotopic (exact) mass is 328 g/mol. The number of aromatic nitrogens is 2. The Bertz CT molecular complexity index is 784. The molecule has 7 heteroatoms. The van der Waals surface area contributed by atoms with E-state index in [1.54, 1.807) is 23.0 Å². The van der Waals surface area contributed by atoms with Crippen LogP contribution in [0.2, 0.25) is 0 Å². The Morgan fingerprint density at radius 1 is 1.42 bits per heavy atom. The van der Waals surface area contributed by atoms with Crippen LogP contribution in [0.25, 0.3) is 0 Å². The normalized spacial score (nSPS) is 14.8. The van der Waals surface area contributed by atoms with E-state index in [2.05, 4.69) is 10.4 Å². The van der Waals surface area contributed by atoms with Gasteiger partial charge in [0.1, 0.15) is 12.3 Å². The molecule has 0 aliphatic carbocycles. The molecule has 0 unspecified atom stereocenters. The topological polar surface area (TPSA) is 76.5 Å². The first-order chi connectivity index (χ1) is 11.5. The molecule has 1 aliphatic rings. The molecule has 126 valence electrons. The summed E-state index contributed by atoms with van der Waals surface area (Å²) in [5, 5.41) is 7.11. The highest BCUT2D eigenvalue weighted by atomic mass is 16.5. The number of fused-ring (bicyclic) bond motifs is 1. The zero-order chi connectivity index (χ0) is 17.3. The van der Waals surface area contributed by atoms with Crippen LogP contribution in [0.4, 0.5) is 5.69 Å². The molecule has 3 rings (SSSR count). The summed E-state index contributed by atoms with van der Waals surface area (Å²) in [4.78, 5) is 26.0. The quantitative estimate of drug-likeness (QED) is 0.919. The summed E-state index contributed by atoms with van der Waals surface area (Å²) >= 11 is 0. The van der Waals surface area contributed by atoms with Crippen LogP contribution in [0.1, 0.15) is 24.2 Å². The zero-order valence-corrected chi connectivity index (χ0v) is 13.9. The van der Waals surface area contributed by atoms with Crippen molar-refractivity contribution >= 4 is 17.5 Å². The molecule has 0 bridgehead atoms. The predicted molar refractivity (Wildman–Crippen MR) is 88.8 cm³/mol. The van der Waals surface area contributed by atoms with E-state index >= 15 is 0 Å². The molecule has 2 heterocycles. The lowest BCUT2D eigenvalue weighted by molar-refractivity contribution is -0.125. The highest BCUT2D eigenvalue weighted by Gasteiger charge is 2.27. The molecule has 1 atom stereocenters. The fourth-order valence-electron chi connectivity index (χ4n) is 2.78. The molecule has 0 saturated carbocycles. The number of aryl methyl sites for hydroxylation is 1. The zero-order valence-electron chi connectivity index (χ0n) is 13.9. The van der Waals surface area contributed by atoms with Gasteiger partial charge in [-0.15, -0.1) is 0 Å². The second-order valence-electron chi connectivity index (χ2n) is 5.83. The number of nitrogens with one attached hydrogen (secondary N) is 1. The van der Waals surface area contributed by atoms with Crippen molar-refractivity contribution in [3.63, 3.8) is 0 Å². The van der Waals surface area contributed by atoms with E-state index in [4.69, 9.17) is 4.74 Å². The summed E-state index contributed by atoms with van der Waals surface area (Å²) in [6, 6.07) is 7.02. The van der Waals surface area contributed by atoms with Gasteiger partial charge in [0.2, 0.25) is 5.91 Å². The van der Waals surface area contributed by atoms with Crippen LogP contribution in [-0.4, -0.2) is 34.7 Å². The number of hydrogen-bond donors (Lipinski definition) is 1. The van der Waals surface area contributed by atoms with Crippen molar-refractivity contribution in [1.82, 2.24) is 15.1 Å². The predicted octanol–water partition coefficient (Wildman–Crippen LogP) is 1.33. The Labute approximate surface area is 140 Å². The van der Waals surface area contributed by atoms with Gasteiger partial charge in [-0.25, -0.2) is 0 Å². The van der Waals surface area contributed by atoms with Gasteiger partial charge in [-0.05, 0) is 26.0 Å². The van der Waals surface area contributed by atoms with Crippen molar-refractivity contribution in [1.29, 1.82) is 0 Å². The molecular formula is C17H20N4O3. The number of rotatable bonds is 4. The summed E-state index contributed by atoms with van der Waals surface area (Å²) in [5.41, 5.74) is 2.57. The van der Waals surface area contributed by atoms with Gasteiger partial charge in [0.15, 0.2) is 6.61 Å². The van der Waals surface area contributed by atoms with Crippen molar-refractivity contribution in [3.05, 3.63) is 41.7 Å². The third kappa shape index (κ3) is 2.97. The van der Waals surface area contributed by atoms with Crippen LogP contribution in [0.3, 0.4) is 0 Å². The van der Waals surface area contributed by atoms with Gasteiger partial charge in [-0.2, -0.15) is 5.10 Å². The Morgan fingerprint density at radius 3 is 2.88 bits per heavy atom. The largest absolute Gasteiger partial charge is 0.482 e. The number of ether oxygens (including phenoxy) is 1. The molecule has 0 saturated heterocycles. The SMILES string of the molecule is Cc1c([C@H](C)NC(=O)CN2C(=O)COc3ccccc32)cnn1C. The van der Waals surface area contributed by atoms with Crippen molar-refractivity contribution < 1.29 is 14.3 Å². The number of anilines is 1. The van der Waals surface area contributed by atoms with Gasteiger partial charge in [0.25, 0.3) is 5.91 Å². The Balaban J connectivity index is 1.71. The summed E-state index contributed by atoms with van der Waals surface area (Å²) in [5.74, 6) is 0.158. The second kappa shape index (κ2) is 6.35. The van der Waals surface area contributed by atoms with E-state index in [1.807, 2.05) is 33.0 Å². The number of benzene rings is 1. The van der Waals surface area contributed by atoms with Gasteiger partial charge in [-0.3, -0.25) is 19.2 Å². The first-order valence-corrected chi connectivity index (χ1v) is 7.77. The highest BCUT2D eigenvalue weighted by molar-refractivity contribution is 6.02. The van der Waals surface area contributed by atoms with Gasteiger partial charge in [0, 0.05) is 18.3 Å². The molecule has 1 aromatic carbocycles. The first-order valence-electron chi connectivity index (χ1n) is 7.77. The molecule has 0 fully saturated rings. The van der Waals surface area contributed by atoms with Gasteiger partial charge < -0.3 is 10.1 Å². The number of carbonyl (C=O) groups is 2. The van der Waals surface area contributed by atoms with Crippen LogP contribution in [-0.2, 0) is 16.6 Å².